The molecule has 0 spiro atoms. The third-order valence-electron chi connectivity index (χ3n) is 3.87. The number of carbonyl (C=O) groups excluding carboxylic acids is 2. The zero-order valence-electron chi connectivity index (χ0n) is 14.2. The van der Waals surface area contributed by atoms with Gasteiger partial charge < -0.3 is 9.47 Å². The molecule has 0 fully saturated rings. The van der Waals surface area contributed by atoms with Crippen LogP contribution in [0.1, 0.15) is 19.8 Å². The lowest BCUT2D eigenvalue weighted by molar-refractivity contribution is -0.143. The first-order valence-corrected chi connectivity index (χ1v) is 10.9. The zero-order valence-corrected chi connectivity index (χ0v) is 15.2. The van der Waals surface area contributed by atoms with E-state index in [0.29, 0.717) is 12.2 Å². The summed E-state index contributed by atoms with van der Waals surface area (Å²) < 4.78 is 10.9. The first-order chi connectivity index (χ1) is 10.2. The molecule has 0 amide bonds. The molecule has 0 aliphatic heterocycles. The Hall–Kier alpha value is -1.62. The van der Waals surface area contributed by atoms with Crippen LogP contribution in [0.3, 0.4) is 0 Å². The number of hydrogen-bond donors (Lipinski definition) is 0. The molecule has 1 aliphatic carbocycles. The van der Waals surface area contributed by atoms with Gasteiger partial charge in [-0.05, 0) is 18.9 Å². The molecule has 1 rings (SSSR count). The van der Waals surface area contributed by atoms with Crippen molar-refractivity contribution in [2.45, 2.75) is 39.4 Å². The van der Waals surface area contributed by atoms with Crippen LogP contribution in [0, 0.1) is 5.41 Å². The Labute approximate surface area is 133 Å². The maximum Gasteiger partial charge on any atom is 0.302 e. The number of carbonyl (C=O) groups is 2. The minimum atomic E-state index is -1.82. The van der Waals surface area contributed by atoms with E-state index < -0.39 is 13.5 Å². The second kappa shape index (κ2) is 7.09. The highest BCUT2D eigenvalue weighted by molar-refractivity contribution is 6.83. The van der Waals surface area contributed by atoms with E-state index in [1.807, 2.05) is 6.08 Å². The van der Waals surface area contributed by atoms with E-state index in [4.69, 9.17) is 9.47 Å². The molecule has 0 aromatic carbocycles. The molecule has 0 bridgehead atoms. The highest BCUT2D eigenvalue weighted by Gasteiger charge is 2.47. The van der Waals surface area contributed by atoms with Gasteiger partial charge in [0.05, 0.1) is 20.6 Å². The molecular formula is C17H26O4Si. The molecule has 1 atom stereocenters. The van der Waals surface area contributed by atoms with Crippen LogP contribution in [0.25, 0.3) is 0 Å². The van der Waals surface area contributed by atoms with E-state index >= 15 is 0 Å². The van der Waals surface area contributed by atoms with Gasteiger partial charge in [0.2, 0.25) is 0 Å². The van der Waals surface area contributed by atoms with Gasteiger partial charge in [0.1, 0.15) is 12.4 Å². The molecule has 0 saturated heterocycles. The van der Waals surface area contributed by atoms with Crippen molar-refractivity contribution in [3.8, 4) is 0 Å². The third-order valence-corrected chi connectivity index (χ3v) is 6.11. The first kappa shape index (κ1) is 18.4. The molecule has 22 heavy (non-hydrogen) atoms. The van der Waals surface area contributed by atoms with Crippen molar-refractivity contribution in [1.29, 1.82) is 0 Å². The van der Waals surface area contributed by atoms with Gasteiger partial charge in [-0.25, -0.2) is 0 Å². The van der Waals surface area contributed by atoms with Crippen LogP contribution >= 0.6 is 0 Å². The van der Waals surface area contributed by atoms with Gasteiger partial charge in [0, 0.05) is 13.0 Å². The van der Waals surface area contributed by atoms with Crippen molar-refractivity contribution in [1.82, 2.24) is 0 Å². The van der Waals surface area contributed by atoms with E-state index in [-0.39, 0.29) is 18.4 Å². The molecular weight excluding hydrogens is 296 g/mol. The maximum atomic E-state index is 12.1. The summed E-state index contributed by atoms with van der Waals surface area (Å²) in [4.78, 5) is 23.4. The number of hydrogen-bond acceptors (Lipinski definition) is 4. The molecule has 1 aliphatic rings. The summed E-state index contributed by atoms with van der Waals surface area (Å²) in [5, 5.41) is 1.06. The first-order valence-electron chi connectivity index (χ1n) is 7.44. The van der Waals surface area contributed by atoms with Crippen LogP contribution in [-0.4, -0.2) is 33.5 Å². The van der Waals surface area contributed by atoms with Crippen molar-refractivity contribution >= 4 is 19.8 Å². The average Bonchev–Trinajstić information content (AvgIpc) is 2.42. The predicted octanol–water partition coefficient (Wildman–Crippen LogP) is 3.42. The smallest absolute Gasteiger partial charge is 0.302 e. The summed E-state index contributed by atoms with van der Waals surface area (Å²) in [5.41, 5.74) is -0.563. The lowest BCUT2D eigenvalue weighted by Gasteiger charge is -2.43. The van der Waals surface area contributed by atoms with Crippen LogP contribution < -0.4 is 0 Å². The van der Waals surface area contributed by atoms with Gasteiger partial charge >= 0.3 is 5.97 Å². The second-order valence-electron chi connectivity index (χ2n) is 6.61. The molecule has 0 aromatic heterocycles. The minimum Gasteiger partial charge on any atom is -0.500 e. The van der Waals surface area contributed by atoms with Crippen LogP contribution in [0.5, 0.6) is 0 Å². The van der Waals surface area contributed by atoms with Crippen LogP contribution in [0.15, 0.2) is 35.8 Å². The Morgan fingerprint density at radius 3 is 2.45 bits per heavy atom. The van der Waals surface area contributed by atoms with Gasteiger partial charge in [-0.3, -0.25) is 9.59 Å². The second-order valence-corrected chi connectivity index (χ2v) is 11.7. The molecule has 0 radical (unpaired) electrons. The molecule has 0 aromatic rings. The van der Waals surface area contributed by atoms with Gasteiger partial charge in [0.15, 0.2) is 5.78 Å². The monoisotopic (exact) mass is 322 g/mol. The summed E-state index contributed by atoms with van der Waals surface area (Å²) in [7, 11) is -0.262. The number of ether oxygens (including phenoxy) is 2. The summed E-state index contributed by atoms with van der Waals surface area (Å²) in [6.07, 6.45) is 6.50. The summed E-state index contributed by atoms with van der Waals surface area (Å²) in [6.45, 7) is 11.9. The molecule has 4 nitrogen and oxygen atoms in total. The maximum absolute atomic E-state index is 12.1. The van der Waals surface area contributed by atoms with E-state index in [2.05, 4.69) is 26.2 Å². The quantitative estimate of drug-likeness (QED) is 0.409. The van der Waals surface area contributed by atoms with E-state index in [1.54, 1.807) is 13.2 Å². The molecule has 1 unspecified atom stereocenters. The van der Waals surface area contributed by atoms with Crippen molar-refractivity contribution in [2.75, 3.05) is 13.7 Å². The Morgan fingerprint density at radius 2 is 2.00 bits per heavy atom. The van der Waals surface area contributed by atoms with Crippen LogP contribution in [-0.2, 0) is 19.1 Å². The van der Waals surface area contributed by atoms with Crippen molar-refractivity contribution in [3.05, 3.63) is 35.8 Å². The minimum absolute atomic E-state index is 0.0636. The van der Waals surface area contributed by atoms with E-state index in [9.17, 15) is 9.59 Å². The predicted molar refractivity (Wildman–Crippen MR) is 90.0 cm³/mol. The van der Waals surface area contributed by atoms with Crippen molar-refractivity contribution in [2.24, 2.45) is 5.41 Å². The largest absolute Gasteiger partial charge is 0.500 e. The topological polar surface area (TPSA) is 52.6 Å². The van der Waals surface area contributed by atoms with E-state index in [1.165, 1.54) is 13.0 Å². The summed E-state index contributed by atoms with van der Waals surface area (Å²) in [6, 6.07) is 0. The highest BCUT2D eigenvalue weighted by atomic mass is 28.3. The average molecular weight is 322 g/mol. The fourth-order valence-corrected chi connectivity index (χ4v) is 5.29. The highest BCUT2D eigenvalue weighted by Crippen LogP contribution is 2.47. The molecule has 0 heterocycles. The number of methoxy groups -OCH3 is 1. The van der Waals surface area contributed by atoms with Crippen molar-refractivity contribution in [3.63, 3.8) is 0 Å². The SMILES string of the molecule is C=CCCC1(COC(C)=O)C(OC)=CC(=O)C=C1[Si](C)(C)C. The number of ketones is 1. The fourth-order valence-electron chi connectivity index (χ4n) is 2.96. The van der Waals surface area contributed by atoms with Crippen LogP contribution in [0.4, 0.5) is 0 Å². The Kier molecular flexibility index (Phi) is 5.94. The summed E-state index contributed by atoms with van der Waals surface area (Å²) >= 11 is 0. The molecule has 5 heteroatoms. The fraction of sp³-hybridized carbons (Fsp3) is 0.529. The zero-order chi connectivity index (χ0) is 17.0. The van der Waals surface area contributed by atoms with E-state index in [0.717, 1.165) is 11.6 Å². The molecule has 0 saturated carbocycles. The Bertz CT molecular complexity index is 525. The standard InChI is InChI=1S/C17H26O4Si/c1-7-8-9-17(12-21-13(2)18)15(20-3)10-14(19)11-16(17)22(4,5)6/h7,10-11H,1,8-9,12H2,2-6H3. The number of esters is 1. The van der Waals surface area contributed by atoms with Gasteiger partial charge in [0.25, 0.3) is 0 Å². The van der Waals surface area contributed by atoms with Gasteiger partial charge in [-0.2, -0.15) is 0 Å². The van der Waals surface area contributed by atoms with Gasteiger partial charge in [-0.1, -0.05) is 30.9 Å². The summed E-state index contributed by atoms with van der Waals surface area (Å²) in [5.74, 6) is 0.187. The van der Waals surface area contributed by atoms with Crippen molar-refractivity contribution < 1.29 is 19.1 Å². The van der Waals surface area contributed by atoms with Gasteiger partial charge in [-0.15, -0.1) is 6.58 Å². The lowest BCUT2D eigenvalue weighted by Crippen LogP contribution is -2.45. The number of allylic oxidation sites excluding steroid dienone is 3. The molecule has 0 N–H and O–H groups in total. The Morgan fingerprint density at radius 1 is 1.36 bits per heavy atom. The normalized spacial score (nSPS) is 21.8. The third kappa shape index (κ3) is 3.97. The lowest BCUT2D eigenvalue weighted by atomic mass is 9.78. The Balaban J connectivity index is 3.42. The molecule has 122 valence electrons. The van der Waals surface area contributed by atoms with Crippen LogP contribution in [0.2, 0.25) is 19.6 Å². The number of rotatable bonds is 7.